The fourth-order valence-corrected chi connectivity index (χ4v) is 4.48. The number of aromatic nitrogens is 5. The molecule has 1 aliphatic rings. The first kappa shape index (κ1) is 22.6. The number of nitrogens with one attached hydrogen (secondary N) is 2. The van der Waals surface area contributed by atoms with E-state index in [-0.39, 0.29) is 28.7 Å². The smallest absolute Gasteiger partial charge is 0.337 e. The van der Waals surface area contributed by atoms with Gasteiger partial charge >= 0.3 is 5.69 Å². The summed E-state index contributed by atoms with van der Waals surface area (Å²) in [7, 11) is 0. The van der Waals surface area contributed by atoms with Gasteiger partial charge in [-0.25, -0.2) is 27.5 Å². The number of nitrogens with zero attached hydrogens (tertiary/aromatic N) is 4. The van der Waals surface area contributed by atoms with Crippen molar-refractivity contribution >= 4 is 16.9 Å². The molecule has 0 atom stereocenters. The Labute approximate surface area is 195 Å². The summed E-state index contributed by atoms with van der Waals surface area (Å²) in [5.41, 5.74) is -1.33. The number of halogens is 3. The monoisotopic (exact) mass is 484 g/mol. The second-order valence-electron chi connectivity index (χ2n) is 8.38. The van der Waals surface area contributed by atoms with E-state index >= 15 is 0 Å². The molecule has 1 aromatic carbocycles. The molecule has 3 aromatic heterocycles. The maximum atomic E-state index is 14.0. The van der Waals surface area contributed by atoms with Crippen molar-refractivity contribution in [3.63, 3.8) is 0 Å². The zero-order valence-corrected chi connectivity index (χ0v) is 18.2. The Kier molecular flexibility index (Phi) is 5.71. The van der Waals surface area contributed by atoms with Crippen LogP contribution in [0.2, 0.25) is 0 Å². The summed E-state index contributed by atoms with van der Waals surface area (Å²) < 4.78 is 43.4. The van der Waals surface area contributed by atoms with Crippen LogP contribution in [0.1, 0.15) is 42.1 Å². The second-order valence-corrected chi connectivity index (χ2v) is 8.38. The van der Waals surface area contributed by atoms with Gasteiger partial charge in [0, 0.05) is 24.3 Å². The van der Waals surface area contributed by atoms with E-state index in [9.17, 15) is 27.6 Å². The van der Waals surface area contributed by atoms with E-state index in [2.05, 4.69) is 20.5 Å². The minimum atomic E-state index is -1.18. The SMILES string of the molecule is O=C(N[C@H]1CC[C@@H](n2c(=O)c3cc(F)cnc3n(-c3ccc(F)c(F)c3)c2=O)CC1)c1cn[nH]c1. The molecule has 180 valence electrons. The average molecular weight is 484 g/mol. The molecule has 0 bridgehead atoms. The normalized spacial score (nSPS) is 18.0. The third-order valence-corrected chi connectivity index (χ3v) is 6.21. The van der Waals surface area contributed by atoms with Crippen molar-refractivity contribution in [1.29, 1.82) is 0 Å². The summed E-state index contributed by atoms with van der Waals surface area (Å²) in [5, 5.41) is 9.06. The molecular weight excluding hydrogens is 465 g/mol. The summed E-state index contributed by atoms with van der Waals surface area (Å²) in [6.07, 6.45) is 5.48. The van der Waals surface area contributed by atoms with Crippen LogP contribution >= 0.6 is 0 Å². The standard InChI is InChI=1S/C23H19F3N6O3/c24-13-7-17-20(27-11-13)31(16-5-6-18(25)19(26)8-16)23(35)32(22(17)34)15-3-1-14(2-4-15)30-21(33)12-9-28-29-10-12/h5-11,14-15H,1-4H2,(H,28,29)(H,30,33)/t14-,15+. The molecule has 9 nitrogen and oxygen atoms in total. The van der Waals surface area contributed by atoms with Gasteiger partial charge in [0.2, 0.25) is 0 Å². The highest BCUT2D eigenvalue weighted by Gasteiger charge is 2.28. The fourth-order valence-electron chi connectivity index (χ4n) is 4.48. The molecule has 1 fully saturated rings. The first-order chi connectivity index (χ1) is 16.8. The molecule has 0 aliphatic heterocycles. The fraction of sp³-hybridized carbons (Fsp3) is 0.261. The summed E-state index contributed by atoms with van der Waals surface area (Å²) in [5.74, 6) is -3.35. The van der Waals surface area contributed by atoms with Crippen molar-refractivity contribution in [1.82, 2.24) is 29.6 Å². The Morgan fingerprint density at radius 3 is 2.49 bits per heavy atom. The maximum Gasteiger partial charge on any atom is 0.337 e. The van der Waals surface area contributed by atoms with Crippen LogP contribution in [0.4, 0.5) is 13.2 Å². The third kappa shape index (κ3) is 4.11. The number of aromatic amines is 1. The number of H-pyrrole nitrogens is 1. The van der Waals surface area contributed by atoms with Crippen LogP contribution in [-0.2, 0) is 0 Å². The topological polar surface area (TPSA) is 115 Å². The van der Waals surface area contributed by atoms with Crippen LogP contribution in [0.25, 0.3) is 16.7 Å². The Morgan fingerprint density at radius 2 is 1.80 bits per heavy atom. The van der Waals surface area contributed by atoms with Crippen molar-refractivity contribution in [3.05, 3.63) is 86.7 Å². The zero-order chi connectivity index (χ0) is 24.7. The maximum absolute atomic E-state index is 14.0. The van der Waals surface area contributed by atoms with E-state index in [0.717, 1.165) is 33.5 Å². The van der Waals surface area contributed by atoms with Crippen molar-refractivity contribution in [2.24, 2.45) is 0 Å². The van der Waals surface area contributed by atoms with E-state index in [4.69, 9.17) is 0 Å². The van der Waals surface area contributed by atoms with Crippen molar-refractivity contribution in [2.45, 2.75) is 37.8 Å². The molecule has 5 rings (SSSR count). The minimum Gasteiger partial charge on any atom is -0.349 e. The van der Waals surface area contributed by atoms with Gasteiger partial charge in [0.15, 0.2) is 17.3 Å². The molecule has 12 heteroatoms. The highest BCUT2D eigenvalue weighted by Crippen LogP contribution is 2.28. The average Bonchev–Trinajstić information content (AvgIpc) is 3.38. The number of pyridine rings is 1. The van der Waals surface area contributed by atoms with E-state index < -0.39 is 34.7 Å². The Morgan fingerprint density at radius 1 is 1.03 bits per heavy atom. The summed E-state index contributed by atoms with van der Waals surface area (Å²) in [6, 6.07) is 3.11. The molecule has 3 heterocycles. The number of hydrogen-bond acceptors (Lipinski definition) is 5. The lowest BCUT2D eigenvalue weighted by Crippen LogP contribution is -2.45. The van der Waals surface area contributed by atoms with Crippen LogP contribution in [0, 0.1) is 17.5 Å². The lowest BCUT2D eigenvalue weighted by molar-refractivity contribution is 0.0922. The molecule has 35 heavy (non-hydrogen) atoms. The van der Waals surface area contributed by atoms with Crippen molar-refractivity contribution in [2.75, 3.05) is 0 Å². The highest BCUT2D eigenvalue weighted by atomic mass is 19.2. The highest BCUT2D eigenvalue weighted by molar-refractivity contribution is 5.93. The molecule has 1 amide bonds. The van der Waals surface area contributed by atoms with E-state index in [1.165, 1.54) is 18.5 Å². The molecule has 1 saturated carbocycles. The number of hydrogen-bond donors (Lipinski definition) is 2. The lowest BCUT2D eigenvalue weighted by Gasteiger charge is -2.30. The van der Waals surface area contributed by atoms with E-state index in [1.807, 2.05) is 0 Å². The quantitative estimate of drug-likeness (QED) is 0.462. The van der Waals surface area contributed by atoms with Crippen LogP contribution in [-0.4, -0.2) is 36.3 Å². The second kappa shape index (κ2) is 8.85. The Hall–Kier alpha value is -4.22. The number of fused-ring (bicyclic) bond motifs is 1. The van der Waals surface area contributed by atoms with Crippen molar-refractivity contribution < 1.29 is 18.0 Å². The number of carbonyl (C=O) groups excluding carboxylic acids is 1. The summed E-state index contributed by atoms with van der Waals surface area (Å²) in [6.45, 7) is 0. The van der Waals surface area contributed by atoms with Crippen LogP contribution in [0.15, 0.2) is 52.4 Å². The van der Waals surface area contributed by atoms with Crippen LogP contribution in [0.3, 0.4) is 0 Å². The molecule has 0 radical (unpaired) electrons. The van der Waals surface area contributed by atoms with Crippen molar-refractivity contribution in [3.8, 4) is 5.69 Å². The minimum absolute atomic E-state index is 0.0483. The van der Waals surface area contributed by atoms with Gasteiger partial charge in [-0.1, -0.05) is 0 Å². The van der Waals surface area contributed by atoms with Gasteiger partial charge in [-0.3, -0.25) is 19.3 Å². The summed E-state index contributed by atoms with van der Waals surface area (Å²) >= 11 is 0. The predicted octanol–water partition coefficient (Wildman–Crippen LogP) is 2.60. The molecule has 0 saturated heterocycles. The first-order valence-electron chi connectivity index (χ1n) is 10.9. The Balaban J connectivity index is 1.52. The number of carbonyl (C=O) groups is 1. The van der Waals surface area contributed by atoms with E-state index in [1.54, 1.807) is 0 Å². The molecule has 4 aromatic rings. The van der Waals surface area contributed by atoms with Gasteiger partial charge in [0.25, 0.3) is 11.5 Å². The summed E-state index contributed by atoms with van der Waals surface area (Å²) in [4.78, 5) is 42.9. The predicted molar refractivity (Wildman–Crippen MR) is 119 cm³/mol. The van der Waals surface area contributed by atoms with Gasteiger partial charge in [-0.2, -0.15) is 5.10 Å². The van der Waals surface area contributed by atoms with Gasteiger partial charge < -0.3 is 5.32 Å². The largest absolute Gasteiger partial charge is 0.349 e. The van der Waals surface area contributed by atoms with Gasteiger partial charge in [0.1, 0.15) is 5.82 Å². The zero-order valence-electron chi connectivity index (χ0n) is 18.2. The van der Waals surface area contributed by atoms with E-state index in [0.29, 0.717) is 31.2 Å². The van der Waals surface area contributed by atoms with Gasteiger partial charge in [0.05, 0.1) is 29.0 Å². The van der Waals surface area contributed by atoms with Gasteiger partial charge in [-0.05, 0) is 43.9 Å². The Bertz CT molecular complexity index is 1540. The lowest BCUT2D eigenvalue weighted by atomic mass is 9.90. The molecular formula is C23H19F3N6O3. The molecule has 0 spiro atoms. The van der Waals surface area contributed by atoms with Gasteiger partial charge in [-0.15, -0.1) is 0 Å². The third-order valence-electron chi connectivity index (χ3n) is 6.21. The molecule has 1 aliphatic carbocycles. The number of benzene rings is 1. The first-order valence-corrected chi connectivity index (χ1v) is 10.9. The molecule has 2 N–H and O–H groups in total. The number of rotatable bonds is 4. The van der Waals surface area contributed by atoms with Crippen LogP contribution in [0.5, 0.6) is 0 Å². The number of amides is 1. The van der Waals surface area contributed by atoms with Crippen LogP contribution < -0.4 is 16.6 Å². The molecule has 0 unspecified atom stereocenters.